The van der Waals surface area contributed by atoms with Crippen molar-refractivity contribution in [3.63, 3.8) is 0 Å². The molecule has 0 saturated carbocycles. The first-order valence-corrected chi connectivity index (χ1v) is 7.83. The molecule has 0 bridgehead atoms. The highest BCUT2D eigenvalue weighted by Crippen LogP contribution is 2.21. The average molecular weight is 331 g/mol. The van der Waals surface area contributed by atoms with Crippen LogP contribution in [0, 0.1) is 0 Å². The zero-order valence-electron chi connectivity index (χ0n) is 13.5. The number of pyridine rings is 1. The highest BCUT2D eigenvalue weighted by atomic mass is 16.2. The Balaban J connectivity index is 1.77. The third-order valence-corrected chi connectivity index (χ3v) is 3.70. The van der Waals surface area contributed by atoms with Gasteiger partial charge in [-0.15, -0.1) is 6.58 Å². The fourth-order valence-electron chi connectivity index (χ4n) is 2.44. The SMILES string of the molecule is C=CCNC(=O)c1ccc(C(=O)Nc2cccc3cccnc23)cc1. The molecular weight excluding hydrogens is 314 g/mol. The van der Waals surface area contributed by atoms with Gasteiger partial charge in [-0.3, -0.25) is 14.6 Å². The van der Waals surface area contributed by atoms with Gasteiger partial charge < -0.3 is 10.6 Å². The summed E-state index contributed by atoms with van der Waals surface area (Å²) in [5.41, 5.74) is 2.34. The van der Waals surface area contributed by atoms with Gasteiger partial charge in [0.05, 0.1) is 11.2 Å². The maximum atomic E-state index is 12.5. The van der Waals surface area contributed by atoms with Gasteiger partial charge >= 0.3 is 0 Å². The number of anilines is 1. The van der Waals surface area contributed by atoms with Crippen LogP contribution in [0.4, 0.5) is 5.69 Å². The van der Waals surface area contributed by atoms with E-state index in [9.17, 15) is 9.59 Å². The molecule has 0 aliphatic heterocycles. The monoisotopic (exact) mass is 331 g/mol. The van der Waals surface area contributed by atoms with Crippen LogP contribution in [0.1, 0.15) is 20.7 Å². The zero-order chi connectivity index (χ0) is 17.6. The van der Waals surface area contributed by atoms with Gasteiger partial charge in [-0.1, -0.05) is 24.3 Å². The predicted molar refractivity (Wildman–Crippen MR) is 98.7 cm³/mol. The second kappa shape index (κ2) is 7.40. The van der Waals surface area contributed by atoms with E-state index in [1.165, 1.54) is 0 Å². The van der Waals surface area contributed by atoms with Crippen molar-refractivity contribution in [3.05, 3.63) is 84.6 Å². The number of amides is 2. The van der Waals surface area contributed by atoms with Crippen LogP contribution in [0.15, 0.2) is 73.4 Å². The number of benzene rings is 2. The van der Waals surface area contributed by atoms with Crippen molar-refractivity contribution in [3.8, 4) is 0 Å². The van der Waals surface area contributed by atoms with E-state index in [-0.39, 0.29) is 11.8 Å². The molecule has 0 saturated heterocycles. The van der Waals surface area contributed by atoms with Gasteiger partial charge in [0.25, 0.3) is 11.8 Å². The molecule has 2 amide bonds. The molecule has 5 nitrogen and oxygen atoms in total. The van der Waals surface area contributed by atoms with Crippen molar-refractivity contribution in [2.75, 3.05) is 11.9 Å². The van der Waals surface area contributed by atoms with Gasteiger partial charge in [-0.25, -0.2) is 0 Å². The first kappa shape index (κ1) is 16.4. The summed E-state index contributed by atoms with van der Waals surface area (Å²) < 4.78 is 0. The normalized spacial score (nSPS) is 10.2. The quantitative estimate of drug-likeness (QED) is 0.704. The number of para-hydroxylation sites is 1. The molecule has 5 heteroatoms. The number of nitrogens with zero attached hydrogens (tertiary/aromatic N) is 1. The van der Waals surface area contributed by atoms with Gasteiger partial charge in [0, 0.05) is 29.3 Å². The Kier molecular flexibility index (Phi) is 4.85. The van der Waals surface area contributed by atoms with Crippen LogP contribution in [0.3, 0.4) is 0 Å². The van der Waals surface area contributed by atoms with E-state index in [2.05, 4.69) is 22.2 Å². The Bertz CT molecular complexity index is 928. The molecule has 1 aromatic heterocycles. The number of fused-ring (bicyclic) bond motifs is 1. The molecule has 124 valence electrons. The maximum Gasteiger partial charge on any atom is 0.255 e. The third-order valence-electron chi connectivity index (χ3n) is 3.70. The van der Waals surface area contributed by atoms with Crippen molar-refractivity contribution in [1.82, 2.24) is 10.3 Å². The second-order valence-corrected chi connectivity index (χ2v) is 5.41. The molecule has 3 rings (SSSR count). The largest absolute Gasteiger partial charge is 0.349 e. The molecule has 0 aliphatic carbocycles. The van der Waals surface area contributed by atoms with Gasteiger partial charge in [-0.05, 0) is 36.4 Å². The molecule has 2 aromatic carbocycles. The summed E-state index contributed by atoms with van der Waals surface area (Å²) >= 11 is 0. The molecule has 0 atom stereocenters. The van der Waals surface area contributed by atoms with Crippen molar-refractivity contribution >= 4 is 28.4 Å². The number of aromatic nitrogens is 1. The standard InChI is InChI=1S/C20H17N3O2/c1-2-12-22-19(24)15-8-10-16(11-9-15)20(25)23-17-7-3-5-14-6-4-13-21-18(14)17/h2-11,13H,1,12H2,(H,22,24)(H,23,25). The molecule has 1 heterocycles. The third kappa shape index (κ3) is 3.72. The maximum absolute atomic E-state index is 12.5. The van der Waals surface area contributed by atoms with Crippen molar-refractivity contribution in [2.45, 2.75) is 0 Å². The first-order valence-electron chi connectivity index (χ1n) is 7.83. The number of hydrogen-bond donors (Lipinski definition) is 2. The number of nitrogens with one attached hydrogen (secondary N) is 2. The Labute approximate surface area is 145 Å². The molecule has 0 fully saturated rings. The summed E-state index contributed by atoms with van der Waals surface area (Å²) in [6.45, 7) is 3.95. The lowest BCUT2D eigenvalue weighted by atomic mass is 10.1. The van der Waals surface area contributed by atoms with E-state index in [4.69, 9.17) is 0 Å². The Hall–Kier alpha value is -3.47. The second-order valence-electron chi connectivity index (χ2n) is 5.41. The van der Waals surface area contributed by atoms with Crippen LogP contribution >= 0.6 is 0 Å². The molecule has 0 aliphatic rings. The summed E-state index contributed by atoms with van der Waals surface area (Å²) in [4.78, 5) is 28.6. The summed E-state index contributed by atoms with van der Waals surface area (Å²) in [5, 5.41) is 6.51. The van der Waals surface area contributed by atoms with E-state index in [0.717, 1.165) is 10.9 Å². The van der Waals surface area contributed by atoms with E-state index in [1.807, 2.05) is 30.3 Å². The topological polar surface area (TPSA) is 71.1 Å². The minimum atomic E-state index is -0.254. The summed E-state index contributed by atoms with van der Waals surface area (Å²) in [5.74, 6) is -0.457. The summed E-state index contributed by atoms with van der Waals surface area (Å²) in [7, 11) is 0. The van der Waals surface area contributed by atoms with E-state index < -0.39 is 0 Å². The summed E-state index contributed by atoms with van der Waals surface area (Å²) in [6, 6.07) is 15.9. The first-order chi connectivity index (χ1) is 12.2. The number of hydrogen-bond acceptors (Lipinski definition) is 3. The van der Waals surface area contributed by atoms with Crippen LogP contribution in [-0.4, -0.2) is 23.3 Å². The fourth-order valence-corrected chi connectivity index (χ4v) is 2.44. The number of rotatable bonds is 5. The average Bonchev–Trinajstić information content (AvgIpc) is 2.66. The van der Waals surface area contributed by atoms with Gasteiger partial charge in [0.15, 0.2) is 0 Å². The Morgan fingerprint density at radius 1 is 0.960 bits per heavy atom. The van der Waals surface area contributed by atoms with Gasteiger partial charge in [-0.2, -0.15) is 0 Å². The highest BCUT2D eigenvalue weighted by Gasteiger charge is 2.10. The molecule has 2 N–H and O–H groups in total. The minimum Gasteiger partial charge on any atom is -0.349 e. The molecule has 0 spiro atoms. The minimum absolute atomic E-state index is 0.204. The molecule has 25 heavy (non-hydrogen) atoms. The lowest BCUT2D eigenvalue weighted by molar-refractivity contribution is 0.0956. The van der Waals surface area contributed by atoms with E-state index >= 15 is 0 Å². The number of carbonyl (C=O) groups is 2. The smallest absolute Gasteiger partial charge is 0.255 e. The molecule has 3 aromatic rings. The predicted octanol–water partition coefficient (Wildman–Crippen LogP) is 3.40. The Morgan fingerprint density at radius 2 is 1.64 bits per heavy atom. The zero-order valence-corrected chi connectivity index (χ0v) is 13.5. The molecular formula is C20H17N3O2. The van der Waals surface area contributed by atoms with Gasteiger partial charge in [0.2, 0.25) is 0 Å². The van der Waals surface area contributed by atoms with Crippen LogP contribution in [-0.2, 0) is 0 Å². The fraction of sp³-hybridized carbons (Fsp3) is 0.0500. The van der Waals surface area contributed by atoms with E-state index in [0.29, 0.717) is 23.4 Å². The number of carbonyl (C=O) groups excluding carboxylic acids is 2. The Morgan fingerprint density at radius 3 is 2.36 bits per heavy atom. The lowest BCUT2D eigenvalue weighted by Gasteiger charge is -2.08. The lowest BCUT2D eigenvalue weighted by Crippen LogP contribution is -2.23. The van der Waals surface area contributed by atoms with Crippen LogP contribution in [0.5, 0.6) is 0 Å². The molecule has 0 unspecified atom stereocenters. The van der Waals surface area contributed by atoms with Crippen LogP contribution < -0.4 is 10.6 Å². The van der Waals surface area contributed by atoms with Crippen LogP contribution in [0.25, 0.3) is 10.9 Å². The van der Waals surface area contributed by atoms with Crippen LogP contribution in [0.2, 0.25) is 0 Å². The van der Waals surface area contributed by atoms with Crippen molar-refractivity contribution in [2.24, 2.45) is 0 Å². The van der Waals surface area contributed by atoms with E-state index in [1.54, 1.807) is 36.5 Å². The summed E-state index contributed by atoms with van der Waals surface area (Å²) in [6.07, 6.45) is 3.30. The van der Waals surface area contributed by atoms with Gasteiger partial charge in [0.1, 0.15) is 0 Å². The van der Waals surface area contributed by atoms with Crippen molar-refractivity contribution in [1.29, 1.82) is 0 Å². The molecule has 0 radical (unpaired) electrons. The highest BCUT2D eigenvalue weighted by molar-refractivity contribution is 6.08. The van der Waals surface area contributed by atoms with Crippen molar-refractivity contribution < 1.29 is 9.59 Å².